The van der Waals surface area contributed by atoms with Gasteiger partial charge in [-0.05, 0) is 25.8 Å². The Labute approximate surface area is 97.0 Å². The summed E-state index contributed by atoms with van der Waals surface area (Å²) in [7, 11) is 0. The number of nitrogens with one attached hydrogen (secondary N) is 2. The van der Waals surface area contributed by atoms with Crippen LogP contribution in [-0.4, -0.2) is 27.8 Å². The molecule has 1 aromatic heterocycles. The second kappa shape index (κ2) is 5.03. The second-order valence-corrected chi connectivity index (χ2v) is 4.29. The molecule has 1 unspecified atom stereocenters. The monoisotopic (exact) mass is 248 g/mol. The molecule has 1 atom stereocenters. The van der Waals surface area contributed by atoms with E-state index < -0.39 is 12.0 Å². The summed E-state index contributed by atoms with van der Waals surface area (Å²) in [5, 5.41) is 8.85. The Morgan fingerprint density at radius 2 is 2.12 bits per heavy atom. The van der Waals surface area contributed by atoms with Crippen molar-refractivity contribution in [2.24, 2.45) is 0 Å². The molecule has 1 aliphatic heterocycles. The van der Waals surface area contributed by atoms with Crippen LogP contribution in [0.3, 0.4) is 0 Å². The van der Waals surface area contributed by atoms with Gasteiger partial charge >= 0.3 is 6.18 Å². The first-order chi connectivity index (χ1) is 8.05. The highest BCUT2D eigenvalue weighted by atomic mass is 19.4. The van der Waals surface area contributed by atoms with Crippen LogP contribution in [0, 0.1) is 0 Å². The average Bonchev–Trinajstić information content (AvgIpc) is 2.76. The summed E-state index contributed by atoms with van der Waals surface area (Å²) in [4.78, 5) is 3.45. The van der Waals surface area contributed by atoms with E-state index in [1.54, 1.807) is 0 Å². The normalized spacial score (nSPS) is 21.7. The number of alkyl halides is 3. The highest BCUT2D eigenvalue weighted by Crippen LogP contribution is 2.25. The first kappa shape index (κ1) is 12.3. The maximum Gasteiger partial charge on any atom is 0.453 e. The number of aryl methyl sites for hydroxylation is 1. The smallest absolute Gasteiger partial charge is 0.314 e. The van der Waals surface area contributed by atoms with Crippen molar-refractivity contribution in [3.05, 3.63) is 11.6 Å². The molecule has 0 aliphatic carbocycles. The van der Waals surface area contributed by atoms with Crippen molar-refractivity contribution in [1.29, 1.82) is 0 Å². The zero-order chi connectivity index (χ0) is 12.3. The van der Waals surface area contributed by atoms with Gasteiger partial charge in [-0.3, -0.25) is 5.10 Å². The molecule has 7 heteroatoms. The summed E-state index contributed by atoms with van der Waals surface area (Å²) in [6.45, 7) is 0.995. The lowest BCUT2D eigenvalue weighted by atomic mass is 10.0. The Hall–Kier alpha value is -1.11. The topological polar surface area (TPSA) is 53.6 Å². The number of H-pyrrole nitrogens is 1. The van der Waals surface area contributed by atoms with Crippen molar-refractivity contribution < 1.29 is 13.2 Å². The Balaban J connectivity index is 1.84. The third kappa shape index (κ3) is 3.42. The van der Waals surface area contributed by atoms with Gasteiger partial charge in [0.2, 0.25) is 0 Å². The molecular weight excluding hydrogens is 233 g/mol. The lowest BCUT2D eigenvalue weighted by Gasteiger charge is -2.22. The number of aromatic nitrogens is 3. The van der Waals surface area contributed by atoms with Gasteiger partial charge < -0.3 is 5.32 Å². The highest BCUT2D eigenvalue weighted by Gasteiger charge is 2.35. The lowest BCUT2D eigenvalue weighted by Crippen LogP contribution is -2.34. The second-order valence-electron chi connectivity index (χ2n) is 4.29. The van der Waals surface area contributed by atoms with E-state index in [1.165, 1.54) is 12.8 Å². The largest absolute Gasteiger partial charge is 0.453 e. The Kier molecular flexibility index (Phi) is 3.66. The number of aromatic amines is 1. The molecule has 0 aromatic carbocycles. The van der Waals surface area contributed by atoms with Crippen LogP contribution < -0.4 is 5.32 Å². The molecule has 2 heterocycles. The van der Waals surface area contributed by atoms with Crippen LogP contribution in [0.4, 0.5) is 13.2 Å². The Bertz CT molecular complexity index is 355. The number of rotatable bonds is 3. The zero-order valence-corrected chi connectivity index (χ0v) is 9.35. The molecule has 0 amide bonds. The summed E-state index contributed by atoms with van der Waals surface area (Å²) in [6.07, 6.45) is 0.282. The lowest BCUT2D eigenvalue weighted by molar-refractivity contribution is -0.144. The van der Waals surface area contributed by atoms with E-state index in [0.717, 1.165) is 19.4 Å². The molecule has 2 N–H and O–H groups in total. The number of hydrogen-bond donors (Lipinski definition) is 2. The molecule has 96 valence electrons. The van der Waals surface area contributed by atoms with Gasteiger partial charge in [0.05, 0.1) is 0 Å². The van der Waals surface area contributed by atoms with Gasteiger partial charge in [-0.2, -0.15) is 13.2 Å². The maximum atomic E-state index is 12.2. The molecule has 1 aromatic rings. The molecule has 0 bridgehead atoms. The molecule has 1 aliphatic rings. The Morgan fingerprint density at radius 1 is 1.29 bits per heavy atom. The fourth-order valence-corrected chi connectivity index (χ4v) is 2.02. The van der Waals surface area contributed by atoms with E-state index in [-0.39, 0.29) is 0 Å². The fraction of sp³-hybridized carbons (Fsp3) is 0.800. The summed E-state index contributed by atoms with van der Waals surface area (Å²) >= 11 is 0. The van der Waals surface area contributed by atoms with Crippen molar-refractivity contribution >= 4 is 0 Å². The summed E-state index contributed by atoms with van der Waals surface area (Å²) < 4.78 is 36.7. The predicted octanol–water partition coefficient (Wildman–Crippen LogP) is 1.90. The standard InChI is InChI=1S/C10H15F3N4/c11-10(12,13)9-15-8(16-17-9)5-4-7-3-1-2-6-14-7/h7,14H,1-6H2,(H,15,16,17). The molecule has 1 saturated heterocycles. The van der Waals surface area contributed by atoms with Gasteiger partial charge in [0, 0.05) is 12.5 Å². The SMILES string of the molecule is FC(F)(F)c1n[nH]c(CCC2CCCCN2)n1. The van der Waals surface area contributed by atoms with Crippen LogP contribution >= 0.6 is 0 Å². The summed E-state index contributed by atoms with van der Waals surface area (Å²) in [5.74, 6) is -0.770. The van der Waals surface area contributed by atoms with Gasteiger partial charge in [-0.15, -0.1) is 5.10 Å². The number of hydrogen-bond acceptors (Lipinski definition) is 3. The van der Waals surface area contributed by atoms with Gasteiger partial charge in [0.1, 0.15) is 5.82 Å². The highest BCUT2D eigenvalue weighted by molar-refractivity contribution is 4.95. The molecule has 4 nitrogen and oxygen atoms in total. The van der Waals surface area contributed by atoms with Crippen LogP contribution in [0.2, 0.25) is 0 Å². The third-order valence-corrected chi connectivity index (χ3v) is 2.93. The molecule has 0 radical (unpaired) electrons. The molecule has 17 heavy (non-hydrogen) atoms. The van der Waals surface area contributed by atoms with Crippen LogP contribution in [0.15, 0.2) is 0 Å². The van der Waals surface area contributed by atoms with Crippen molar-refractivity contribution in [1.82, 2.24) is 20.5 Å². The molecule has 0 spiro atoms. The molecule has 2 rings (SSSR count). The van der Waals surface area contributed by atoms with Gasteiger partial charge in [0.25, 0.3) is 5.82 Å². The minimum atomic E-state index is -4.46. The summed E-state index contributed by atoms with van der Waals surface area (Å²) in [6, 6.07) is 0.392. The fourth-order valence-electron chi connectivity index (χ4n) is 2.02. The molecule has 0 saturated carbocycles. The number of nitrogens with zero attached hydrogens (tertiary/aromatic N) is 2. The van der Waals surface area contributed by atoms with E-state index >= 15 is 0 Å². The minimum Gasteiger partial charge on any atom is -0.314 e. The van der Waals surface area contributed by atoms with E-state index in [2.05, 4.69) is 20.5 Å². The average molecular weight is 248 g/mol. The first-order valence-corrected chi connectivity index (χ1v) is 5.77. The Morgan fingerprint density at radius 3 is 2.71 bits per heavy atom. The van der Waals surface area contributed by atoms with Crippen LogP contribution in [0.1, 0.15) is 37.3 Å². The maximum absolute atomic E-state index is 12.2. The van der Waals surface area contributed by atoms with Crippen LogP contribution in [-0.2, 0) is 12.6 Å². The van der Waals surface area contributed by atoms with Gasteiger partial charge in [-0.25, -0.2) is 4.98 Å². The number of halogens is 3. The van der Waals surface area contributed by atoms with Crippen molar-refractivity contribution in [2.75, 3.05) is 6.54 Å². The van der Waals surface area contributed by atoms with Gasteiger partial charge in [-0.1, -0.05) is 6.42 Å². The van der Waals surface area contributed by atoms with E-state index in [9.17, 15) is 13.2 Å². The molecule has 1 fully saturated rings. The van der Waals surface area contributed by atoms with Crippen molar-refractivity contribution in [2.45, 2.75) is 44.3 Å². The minimum absolute atomic E-state index is 0.310. The van der Waals surface area contributed by atoms with Gasteiger partial charge in [0.15, 0.2) is 0 Å². The van der Waals surface area contributed by atoms with E-state index in [1.807, 2.05) is 0 Å². The first-order valence-electron chi connectivity index (χ1n) is 5.77. The summed E-state index contributed by atoms with van der Waals surface area (Å²) in [5.41, 5.74) is 0. The van der Waals surface area contributed by atoms with E-state index in [4.69, 9.17) is 0 Å². The predicted molar refractivity (Wildman–Crippen MR) is 55.3 cm³/mol. The third-order valence-electron chi connectivity index (χ3n) is 2.93. The van der Waals surface area contributed by atoms with E-state index in [0.29, 0.717) is 18.3 Å². The van der Waals surface area contributed by atoms with Crippen molar-refractivity contribution in [3.8, 4) is 0 Å². The number of piperidine rings is 1. The molecular formula is C10H15F3N4. The van der Waals surface area contributed by atoms with Crippen LogP contribution in [0.5, 0.6) is 0 Å². The zero-order valence-electron chi connectivity index (χ0n) is 9.35. The quantitative estimate of drug-likeness (QED) is 0.859. The van der Waals surface area contributed by atoms with Crippen molar-refractivity contribution in [3.63, 3.8) is 0 Å². The van der Waals surface area contributed by atoms with Crippen LogP contribution in [0.25, 0.3) is 0 Å².